The van der Waals surface area contributed by atoms with Crippen LogP contribution in [0.15, 0.2) is 97.2 Å². The van der Waals surface area contributed by atoms with Crippen molar-refractivity contribution in [3.63, 3.8) is 0 Å². The maximum absolute atomic E-state index is 4.05. The minimum absolute atomic E-state index is 1.01. The van der Waals surface area contributed by atoms with E-state index in [0.29, 0.717) is 0 Å². The highest BCUT2D eigenvalue weighted by Gasteiger charge is 2.08. The lowest BCUT2D eigenvalue weighted by Crippen LogP contribution is -1.96. The van der Waals surface area contributed by atoms with Gasteiger partial charge in [0.25, 0.3) is 0 Å². The summed E-state index contributed by atoms with van der Waals surface area (Å²) in [4.78, 5) is 0. The van der Waals surface area contributed by atoms with Crippen molar-refractivity contribution in [3.05, 3.63) is 97.2 Å². The number of hydrogen-bond donors (Lipinski definition) is 0. The van der Waals surface area contributed by atoms with Crippen molar-refractivity contribution >= 4 is 0 Å². The van der Waals surface area contributed by atoms with E-state index in [4.69, 9.17) is 0 Å². The molecule has 0 unspecified atom stereocenters. The molecule has 1 aliphatic carbocycles. The van der Waals surface area contributed by atoms with Gasteiger partial charge < -0.3 is 0 Å². The van der Waals surface area contributed by atoms with Crippen LogP contribution < -0.4 is 0 Å². The summed E-state index contributed by atoms with van der Waals surface area (Å²) in [6.07, 6.45) is 17.6. The summed E-state index contributed by atoms with van der Waals surface area (Å²) in [5.41, 5.74) is 4.66. The predicted octanol–water partition coefficient (Wildman–Crippen LogP) is 5.23. The molecule has 0 aromatic carbocycles. The van der Waals surface area contributed by atoms with Crippen LogP contribution in [0.5, 0.6) is 0 Å². The Morgan fingerprint density at radius 3 is 1.50 bits per heavy atom. The third-order valence-corrected chi connectivity index (χ3v) is 2.84. The second-order valence-corrected chi connectivity index (χ2v) is 4.12. The fourth-order valence-corrected chi connectivity index (χ4v) is 1.75. The Morgan fingerprint density at radius 1 is 0.833 bits per heavy atom. The van der Waals surface area contributed by atoms with Gasteiger partial charge in [0, 0.05) is 0 Å². The molecule has 0 heteroatoms. The highest BCUT2D eigenvalue weighted by Crippen LogP contribution is 2.27. The summed E-state index contributed by atoms with van der Waals surface area (Å²) in [6, 6.07) is 0. The van der Waals surface area contributed by atoms with Crippen LogP contribution in [0.4, 0.5) is 0 Å². The molecule has 0 N–H and O–H groups in total. The first-order valence-electron chi connectivity index (χ1n) is 6.05. The molecule has 0 bridgehead atoms. The van der Waals surface area contributed by atoms with Crippen molar-refractivity contribution < 1.29 is 0 Å². The average Bonchev–Trinajstić information content (AvgIpc) is 2.42. The smallest absolute Gasteiger partial charge is 0.0232 e. The van der Waals surface area contributed by atoms with E-state index in [1.54, 1.807) is 12.2 Å². The fourth-order valence-electron chi connectivity index (χ4n) is 1.75. The molecule has 92 valence electrons. The molecule has 0 aliphatic heterocycles. The molecule has 0 spiro atoms. The normalized spacial score (nSPS) is 15.3. The Morgan fingerprint density at radius 2 is 1.22 bits per heavy atom. The van der Waals surface area contributed by atoms with Crippen LogP contribution in [0.1, 0.15) is 12.8 Å². The maximum Gasteiger partial charge on any atom is -0.0232 e. The molecule has 0 aromatic heterocycles. The van der Waals surface area contributed by atoms with E-state index in [-0.39, 0.29) is 0 Å². The molecule has 0 saturated heterocycles. The van der Waals surface area contributed by atoms with Crippen molar-refractivity contribution in [1.29, 1.82) is 0 Å². The van der Waals surface area contributed by atoms with Gasteiger partial charge in [-0.05, 0) is 35.1 Å². The molecule has 0 nitrogen and oxygen atoms in total. The Hall–Kier alpha value is -2.08. The first-order chi connectivity index (χ1) is 8.69. The van der Waals surface area contributed by atoms with Crippen molar-refractivity contribution in [2.24, 2.45) is 0 Å². The summed E-state index contributed by atoms with van der Waals surface area (Å²) in [6.45, 7) is 15.4. The molecule has 0 radical (unpaired) electrons. The van der Waals surface area contributed by atoms with Crippen LogP contribution in [0, 0.1) is 0 Å². The Bertz CT molecular complexity index is 430. The van der Waals surface area contributed by atoms with Crippen LogP contribution in [-0.4, -0.2) is 0 Å². The van der Waals surface area contributed by atoms with E-state index in [1.165, 1.54) is 11.1 Å². The molecule has 0 aromatic rings. The third kappa shape index (κ3) is 4.06. The molecule has 0 heterocycles. The highest BCUT2D eigenvalue weighted by molar-refractivity contribution is 5.48. The van der Waals surface area contributed by atoms with Gasteiger partial charge in [0.2, 0.25) is 0 Å². The predicted molar refractivity (Wildman–Crippen MR) is 82.4 cm³/mol. The third-order valence-electron chi connectivity index (χ3n) is 2.84. The topological polar surface area (TPSA) is 0 Å². The lowest BCUT2D eigenvalue weighted by Gasteiger charge is -2.15. The summed E-state index contributed by atoms with van der Waals surface area (Å²) in [5.74, 6) is 0. The summed E-state index contributed by atoms with van der Waals surface area (Å²) >= 11 is 0. The Balaban J connectivity index is 2.76. The van der Waals surface area contributed by atoms with Gasteiger partial charge in [0.05, 0.1) is 0 Å². The van der Waals surface area contributed by atoms with Gasteiger partial charge in [0.15, 0.2) is 0 Å². The zero-order chi connectivity index (χ0) is 13.4. The molecule has 0 saturated carbocycles. The van der Waals surface area contributed by atoms with Gasteiger partial charge in [-0.2, -0.15) is 0 Å². The largest absolute Gasteiger partial charge is 0.0991 e. The van der Waals surface area contributed by atoms with Gasteiger partial charge in [-0.15, -0.1) is 0 Å². The fraction of sp³-hybridized carbons (Fsp3) is 0.111. The van der Waals surface area contributed by atoms with E-state index in [2.05, 4.69) is 38.5 Å². The van der Waals surface area contributed by atoms with E-state index in [9.17, 15) is 0 Å². The second-order valence-electron chi connectivity index (χ2n) is 4.12. The van der Waals surface area contributed by atoms with Gasteiger partial charge >= 0.3 is 0 Å². The van der Waals surface area contributed by atoms with Gasteiger partial charge in [0.1, 0.15) is 0 Å². The summed E-state index contributed by atoms with van der Waals surface area (Å²) < 4.78 is 0. The highest BCUT2D eigenvalue weighted by atomic mass is 14.1. The van der Waals surface area contributed by atoms with Gasteiger partial charge in [-0.1, -0.05) is 74.9 Å². The second kappa shape index (κ2) is 7.29. The number of allylic oxidation sites excluding steroid dienone is 12. The molecule has 1 rings (SSSR count). The van der Waals surface area contributed by atoms with Crippen molar-refractivity contribution in [2.75, 3.05) is 0 Å². The molecule has 18 heavy (non-hydrogen) atoms. The number of rotatable bonds is 6. The van der Waals surface area contributed by atoms with E-state index >= 15 is 0 Å². The minimum Gasteiger partial charge on any atom is -0.0991 e. The van der Waals surface area contributed by atoms with Gasteiger partial charge in [-0.25, -0.2) is 0 Å². The van der Waals surface area contributed by atoms with Crippen molar-refractivity contribution in [3.8, 4) is 0 Å². The average molecular weight is 236 g/mol. The van der Waals surface area contributed by atoms with Crippen LogP contribution in [-0.2, 0) is 0 Å². The summed E-state index contributed by atoms with van der Waals surface area (Å²) in [5, 5.41) is 0. The lowest BCUT2D eigenvalue weighted by molar-refractivity contribution is 0.934. The Kier molecular flexibility index (Phi) is 5.66. The number of hydrogen-bond acceptors (Lipinski definition) is 0. The van der Waals surface area contributed by atoms with Crippen LogP contribution >= 0.6 is 0 Å². The van der Waals surface area contributed by atoms with Crippen molar-refractivity contribution in [2.45, 2.75) is 12.8 Å². The van der Waals surface area contributed by atoms with E-state index < -0.39 is 0 Å². The molecule has 1 aliphatic rings. The zero-order valence-corrected chi connectivity index (χ0v) is 10.9. The molecule has 0 amide bonds. The standard InChI is InChI=1S/C18H20/c1-5-7-9-15(3)17-11-13-18(14-12-17)16(4)10-8-6-2/h5-11,13H,1-4,12,14H2/b9-7-,10-8-. The van der Waals surface area contributed by atoms with Crippen LogP contribution in [0.25, 0.3) is 0 Å². The van der Waals surface area contributed by atoms with E-state index in [1.807, 2.05) is 24.3 Å². The Labute approximate surface area is 110 Å². The summed E-state index contributed by atoms with van der Waals surface area (Å²) in [7, 11) is 0. The monoisotopic (exact) mass is 236 g/mol. The molecular weight excluding hydrogens is 216 g/mol. The van der Waals surface area contributed by atoms with E-state index in [0.717, 1.165) is 24.0 Å². The van der Waals surface area contributed by atoms with Crippen molar-refractivity contribution in [1.82, 2.24) is 0 Å². The quantitative estimate of drug-likeness (QED) is 0.554. The van der Waals surface area contributed by atoms with Crippen LogP contribution in [0.2, 0.25) is 0 Å². The molecular formula is C18H20. The first-order valence-corrected chi connectivity index (χ1v) is 6.05. The molecule has 0 fully saturated rings. The van der Waals surface area contributed by atoms with Crippen LogP contribution in [0.3, 0.4) is 0 Å². The SMILES string of the molecule is C=C/C=C\C(=C)C1=CC=C(C(=C)/C=C\C=C)CC1. The zero-order valence-electron chi connectivity index (χ0n) is 10.9. The maximum atomic E-state index is 4.05. The minimum atomic E-state index is 1.01. The first kappa shape index (κ1) is 14.0. The van der Waals surface area contributed by atoms with Gasteiger partial charge in [-0.3, -0.25) is 0 Å². The lowest BCUT2D eigenvalue weighted by atomic mass is 9.90. The molecule has 0 atom stereocenters.